The Bertz CT molecular complexity index is 951. The van der Waals surface area contributed by atoms with Crippen molar-refractivity contribution in [1.82, 2.24) is 19.5 Å². The van der Waals surface area contributed by atoms with Crippen molar-refractivity contribution >= 4 is 11.6 Å². The van der Waals surface area contributed by atoms with Crippen molar-refractivity contribution < 1.29 is 14.3 Å². The van der Waals surface area contributed by atoms with Crippen LogP contribution >= 0.6 is 0 Å². The predicted octanol–water partition coefficient (Wildman–Crippen LogP) is 1.94. The number of pyridine rings is 1. The Kier molecular flexibility index (Phi) is 3.76. The second kappa shape index (κ2) is 6.08. The fraction of sp³-hybridized carbons (Fsp3) is 0.278. The van der Waals surface area contributed by atoms with Crippen LogP contribution in [0.1, 0.15) is 21.6 Å². The number of carbonyl (C=O) groups is 1. The van der Waals surface area contributed by atoms with Crippen LogP contribution < -0.4 is 9.47 Å². The van der Waals surface area contributed by atoms with Gasteiger partial charge in [-0.2, -0.15) is 5.10 Å². The van der Waals surface area contributed by atoms with Crippen molar-refractivity contribution in [3.05, 3.63) is 53.5 Å². The smallest absolute Gasteiger partial charge is 0.272 e. The molecule has 3 aromatic rings. The van der Waals surface area contributed by atoms with E-state index < -0.39 is 0 Å². The van der Waals surface area contributed by atoms with Gasteiger partial charge in [-0.05, 0) is 41.8 Å². The Balaban J connectivity index is 1.66. The van der Waals surface area contributed by atoms with Crippen LogP contribution in [0.25, 0.3) is 5.65 Å². The van der Waals surface area contributed by atoms with E-state index in [4.69, 9.17) is 9.47 Å². The van der Waals surface area contributed by atoms with Crippen LogP contribution in [0.2, 0.25) is 0 Å². The van der Waals surface area contributed by atoms with E-state index in [-0.39, 0.29) is 5.91 Å². The molecule has 7 heteroatoms. The molecule has 0 radical (unpaired) electrons. The molecular weight excluding hydrogens is 320 g/mol. The van der Waals surface area contributed by atoms with Crippen LogP contribution in [-0.4, -0.2) is 46.2 Å². The molecular formula is C18H18N4O3. The van der Waals surface area contributed by atoms with Gasteiger partial charge in [0.25, 0.3) is 5.91 Å². The van der Waals surface area contributed by atoms with E-state index in [1.54, 1.807) is 24.8 Å². The van der Waals surface area contributed by atoms with E-state index in [9.17, 15) is 4.79 Å². The van der Waals surface area contributed by atoms with Crippen LogP contribution in [-0.2, 0) is 13.0 Å². The highest BCUT2D eigenvalue weighted by molar-refractivity contribution is 5.93. The summed E-state index contributed by atoms with van der Waals surface area (Å²) in [5.41, 5.74) is 3.43. The third-order valence-corrected chi connectivity index (χ3v) is 4.53. The van der Waals surface area contributed by atoms with Crippen LogP contribution in [0.15, 0.2) is 36.7 Å². The van der Waals surface area contributed by atoms with Crippen molar-refractivity contribution in [1.29, 1.82) is 0 Å². The zero-order valence-electron chi connectivity index (χ0n) is 14.1. The molecule has 0 aliphatic carbocycles. The molecule has 25 heavy (non-hydrogen) atoms. The summed E-state index contributed by atoms with van der Waals surface area (Å²) in [6, 6.07) is 9.36. The van der Waals surface area contributed by atoms with E-state index in [0.717, 1.165) is 12.0 Å². The number of amides is 1. The van der Waals surface area contributed by atoms with E-state index in [1.807, 2.05) is 29.2 Å². The monoisotopic (exact) mass is 338 g/mol. The molecule has 1 amide bonds. The lowest BCUT2D eigenvalue weighted by molar-refractivity contribution is 0.0725. The molecule has 128 valence electrons. The topological polar surface area (TPSA) is 69.0 Å². The van der Waals surface area contributed by atoms with Gasteiger partial charge in [0.1, 0.15) is 12.0 Å². The largest absolute Gasteiger partial charge is 0.493 e. The third-order valence-electron chi connectivity index (χ3n) is 4.53. The number of ether oxygens (including phenoxy) is 2. The van der Waals surface area contributed by atoms with Gasteiger partial charge in [0.15, 0.2) is 17.1 Å². The predicted molar refractivity (Wildman–Crippen MR) is 91.0 cm³/mol. The minimum atomic E-state index is -0.0588. The zero-order chi connectivity index (χ0) is 17.4. The van der Waals surface area contributed by atoms with Crippen molar-refractivity contribution in [3.63, 3.8) is 0 Å². The van der Waals surface area contributed by atoms with Crippen molar-refractivity contribution in [2.75, 3.05) is 20.8 Å². The number of rotatable bonds is 3. The highest BCUT2D eigenvalue weighted by Crippen LogP contribution is 2.33. The number of fused-ring (bicyclic) bond motifs is 2. The Morgan fingerprint density at radius 2 is 1.88 bits per heavy atom. The van der Waals surface area contributed by atoms with E-state index in [1.165, 1.54) is 11.9 Å². The Morgan fingerprint density at radius 1 is 1.12 bits per heavy atom. The lowest BCUT2D eigenvalue weighted by atomic mass is 9.98. The first kappa shape index (κ1) is 15.4. The number of methoxy groups -OCH3 is 2. The van der Waals surface area contributed by atoms with Gasteiger partial charge in [-0.3, -0.25) is 4.79 Å². The molecule has 0 spiro atoms. The number of hydrogen-bond donors (Lipinski definition) is 0. The molecule has 3 heterocycles. The summed E-state index contributed by atoms with van der Waals surface area (Å²) in [5.74, 6) is 1.33. The van der Waals surface area contributed by atoms with Gasteiger partial charge in [0, 0.05) is 13.1 Å². The van der Waals surface area contributed by atoms with Gasteiger partial charge in [-0.15, -0.1) is 0 Å². The molecule has 0 saturated carbocycles. The third kappa shape index (κ3) is 2.57. The number of aromatic nitrogens is 3. The number of hydrogen-bond acceptors (Lipinski definition) is 5. The van der Waals surface area contributed by atoms with Crippen LogP contribution in [0.4, 0.5) is 0 Å². The Hall–Kier alpha value is -3.09. The SMILES string of the molecule is COc1cc2c(cc1OC)CN(C(=O)c1cccc3ncnn13)CC2. The average molecular weight is 338 g/mol. The summed E-state index contributed by atoms with van der Waals surface area (Å²) in [6.07, 6.45) is 2.23. The zero-order valence-corrected chi connectivity index (χ0v) is 14.1. The summed E-state index contributed by atoms with van der Waals surface area (Å²) >= 11 is 0. The maximum atomic E-state index is 13.0. The fourth-order valence-electron chi connectivity index (χ4n) is 3.23. The van der Waals surface area contributed by atoms with Crippen LogP contribution in [0.5, 0.6) is 11.5 Å². The van der Waals surface area contributed by atoms with Crippen molar-refractivity contribution in [3.8, 4) is 11.5 Å². The summed E-state index contributed by atoms with van der Waals surface area (Å²) in [6.45, 7) is 1.17. The normalized spacial score (nSPS) is 13.6. The minimum Gasteiger partial charge on any atom is -0.493 e. The van der Waals surface area contributed by atoms with Gasteiger partial charge in [0.2, 0.25) is 0 Å². The van der Waals surface area contributed by atoms with Gasteiger partial charge in [-0.25, -0.2) is 9.50 Å². The standard InChI is InChI=1S/C18H18N4O3/c1-24-15-8-12-6-7-21(10-13(12)9-16(15)25-2)18(23)14-4-3-5-17-19-11-20-22(14)17/h3-5,8-9,11H,6-7,10H2,1-2H3. The molecule has 0 bridgehead atoms. The second-order valence-electron chi connectivity index (χ2n) is 5.89. The molecule has 0 N–H and O–H groups in total. The molecule has 4 rings (SSSR count). The van der Waals surface area contributed by atoms with Crippen LogP contribution in [0, 0.1) is 0 Å². The second-order valence-corrected chi connectivity index (χ2v) is 5.89. The highest BCUT2D eigenvalue weighted by Gasteiger charge is 2.25. The first-order chi connectivity index (χ1) is 12.2. The number of benzene rings is 1. The number of carbonyl (C=O) groups excluding carboxylic acids is 1. The van der Waals surface area contributed by atoms with Gasteiger partial charge >= 0.3 is 0 Å². The molecule has 0 saturated heterocycles. The summed E-state index contributed by atoms with van der Waals surface area (Å²) < 4.78 is 12.3. The van der Waals surface area contributed by atoms with Gasteiger partial charge in [-0.1, -0.05) is 6.07 Å². The van der Waals surface area contributed by atoms with E-state index in [0.29, 0.717) is 35.9 Å². The summed E-state index contributed by atoms with van der Waals surface area (Å²) in [5, 5.41) is 4.15. The molecule has 0 unspecified atom stereocenters. The Labute approximate surface area is 144 Å². The van der Waals surface area contributed by atoms with Gasteiger partial charge < -0.3 is 14.4 Å². The first-order valence-corrected chi connectivity index (χ1v) is 8.03. The average Bonchev–Trinajstić information content (AvgIpc) is 3.14. The molecule has 1 aliphatic rings. The minimum absolute atomic E-state index is 0.0588. The molecule has 7 nitrogen and oxygen atoms in total. The van der Waals surface area contributed by atoms with E-state index >= 15 is 0 Å². The Morgan fingerprint density at radius 3 is 2.64 bits per heavy atom. The maximum absolute atomic E-state index is 13.0. The van der Waals surface area contributed by atoms with Crippen LogP contribution in [0.3, 0.4) is 0 Å². The first-order valence-electron chi connectivity index (χ1n) is 8.03. The van der Waals surface area contributed by atoms with Crippen molar-refractivity contribution in [2.45, 2.75) is 13.0 Å². The molecule has 2 aromatic heterocycles. The number of nitrogens with zero attached hydrogens (tertiary/aromatic N) is 4. The molecule has 0 fully saturated rings. The fourth-order valence-corrected chi connectivity index (χ4v) is 3.23. The van der Waals surface area contributed by atoms with Crippen molar-refractivity contribution in [2.24, 2.45) is 0 Å². The highest BCUT2D eigenvalue weighted by atomic mass is 16.5. The lowest BCUT2D eigenvalue weighted by Gasteiger charge is -2.29. The maximum Gasteiger partial charge on any atom is 0.272 e. The van der Waals surface area contributed by atoms with Gasteiger partial charge in [0.05, 0.1) is 14.2 Å². The summed E-state index contributed by atoms with van der Waals surface area (Å²) in [4.78, 5) is 18.9. The molecule has 1 aromatic carbocycles. The lowest BCUT2D eigenvalue weighted by Crippen LogP contribution is -2.37. The molecule has 1 aliphatic heterocycles. The van der Waals surface area contributed by atoms with E-state index in [2.05, 4.69) is 10.1 Å². The summed E-state index contributed by atoms with van der Waals surface area (Å²) in [7, 11) is 3.24. The quantitative estimate of drug-likeness (QED) is 0.730. The molecule has 0 atom stereocenters.